The molecule has 7 heteroatoms. The fraction of sp³-hybridized carbons (Fsp3) is 0. The average molecular weight is 361 g/mol. The van der Waals surface area contributed by atoms with Crippen LogP contribution in [-0.4, -0.2) is 19.4 Å². The number of thiazole rings is 1. The molecule has 0 aliphatic rings. The van der Waals surface area contributed by atoms with Gasteiger partial charge in [-0.1, -0.05) is 18.2 Å². The van der Waals surface area contributed by atoms with E-state index in [-0.39, 0.29) is 5.82 Å². The van der Waals surface area contributed by atoms with Crippen LogP contribution in [0.1, 0.15) is 0 Å². The zero-order chi connectivity index (χ0) is 17.7. The summed E-state index contributed by atoms with van der Waals surface area (Å²) in [6, 6.07) is 12.4. The third-order valence-electron chi connectivity index (χ3n) is 4.27. The molecule has 5 rings (SSSR count). The normalized spacial score (nSPS) is 11.4. The van der Waals surface area contributed by atoms with Gasteiger partial charge in [0.2, 0.25) is 0 Å². The van der Waals surface area contributed by atoms with Gasteiger partial charge in [0.25, 0.3) is 0 Å². The summed E-state index contributed by atoms with van der Waals surface area (Å²) in [5.41, 5.74) is 12.4. The molecule has 0 fully saturated rings. The van der Waals surface area contributed by atoms with Crippen molar-refractivity contribution in [2.75, 3.05) is 5.73 Å². The van der Waals surface area contributed by atoms with Gasteiger partial charge in [0.15, 0.2) is 11.5 Å². The lowest BCUT2D eigenvalue weighted by molar-refractivity contribution is 0.628. The molecule has 0 atom stereocenters. The highest BCUT2D eigenvalue weighted by molar-refractivity contribution is 7.16. The number of nitrogens with two attached hydrogens (primary N) is 1. The Morgan fingerprint density at radius 1 is 1.04 bits per heavy atom. The van der Waals surface area contributed by atoms with E-state index in [1.165, 1.54) is 12.1 Å². The van der Waals surface area contributed by atoms with Gasteiger partial charge in [0.05, 0.1) is 27.1 Å². The molecule has 0 aliphatic heterocycles. The number of rotatable bonds is 2. The zero-order valence-corrected chi connectivity index (χ0v) is 14.2. The van der Waals surface area contributed by atoms with Crippen molar-refractivity contribution < 1.29 is 4.39 Å². The highest BCUT2D eigenvalue weighted by Crippen LogP contribution is 2.35. The maximum Gasteiger partial charge on any atom is 0.180 e. The number of nitrogens with zero attached hydrogens (tertiary/aromatic N) is 4. The maximum absolute atomic E-state index is 13.8. The standard InChI is InChI=1S/C19H12FN5S/c20-13-3-1-2-11(8-13)16-17(25-7-6-22-19(25)18(21)24-16)12-4-5-15-14(9-12)23-10-26-15/h1-10H,(H2,21,24). The van der Waals surface area contributed by atoms with Gasteiger partial charge in [0.1, 0.15) is 5.82 Å². The van der Waals surface area contributed by atoms with Crippen LogP contribution in [0.15, 0.2) is 60.4 Å². The number of hydrogen-bond donors (Lipinski definition) is 1. The third-order valence-corrected chi connectivity index (χ3v) is 5.08. The SMILES string of the molecule is Nc1nc(-c2cccc(F)c2)c(-c2ccc3scnc3c2)n2ccnc12. The molecule has 0 unspecified atom stereocenters. The minimum atomic E-state index is -0.325. The summed E-state index contributed by atoms with van der Waals surface area (Å²) >= 11 is 1.59. The summed E-state index contributed by atoms with van der Waals surface area (Å²) in [4.78, 5) is 13.2. The van der Waals surface area contributed by atoms with Crippen molar-refractivity contribution in [3.63, 3.8) is 0 Å². The van der Waals surface area contributed by atoms with E-state index in [1.54, 1.807) is 23.6 Å². The Labute approximate surface area is 151 Å². The summed E-state index contributed by atoms with van der Waals surface area (Å²) in [5, 5.41) is 0. The van der Waals surface area contributed by atoms with Crippen molar-refractivity contribution in [1.82, 2.24) is 19.4 Å². The lowest BCUT2D eigenvalue weighted by atomic mass is 10.0. The van der Waals surface area contributed by atoms with Gasteiger partial charge >= 0.3 is 0 Å². The molecule has 0 saturated heterocycles. The van der Waals surface area contributed by atoms with Crippen molar-refractivity contribution in [3.05, 3.63) is 66.2 Å². The van der Waals surface area contributed by atoms with E-state index >= 15 is 0 Å². The largest absolute Gasteiger partial charge is 0.381 e. The molecule has 0 radical (unpaired) electrons. The van der Waals surface area contributed by atoms with E-state index in [9.17, 15) is 4.39 Å². The van der Waals surface area contributed by atoms with Crippen molar-refractivity contribution in [1.29, 1.82) is 0 Å². The van der Waals surface area contributed by atoms with Gasteiger partial charge in [-0.3, -0.25) is 4.40 Å². The van der Waals surface area contributed by atoms with Crippen molar-refractivity contribution in [2.24, 2.45) is 0 Å². The number of anilines is 1. The number of imidazole rings is 1. The Kier molecular flexibility index (Phi) is 3.23. The summed E-state index contributed by atoms with van der Waals surface area (Å²) < 4.78 is 16.8. The first-order chi connectivity index (χ1) is 12.7. The summed E-state index contributed by atoms with van der Waals surface area (Å²) in [6.45, 7) is 0. The highest BCUT2D eigenvalue weighted by Gasteiger charge is 2.17. The number of benzene rings is 2. The second-order valence-electron chi connectivity index (χ2n) is 5.86. The molecule has 2 N–H and O–H groups in total. The molecular weight excluding hydrogens is 349 g/mol. The Bertz CT molecular complexity index is 1270. The number of nitrogen functional groups attached to an aromatic ring is 1. The molecule has 26 heavy (non-hydrogen) atoms. The van der Waals surface area contributed by atoms with Gasteiger partial charge in [-0.15, -0.1) is 11.3 Å². The number of halogens is 1. The number of aromatic nitrogens is 4. The molecular formula is C19H12FN5S. The maximum atomic E-state index is 13.8. The van der Waals surface area contributed by atoms with Crippen molar-refractivity contribution >= 4 is 33.0 Å². The smallest absolute Gasteiger partial charge is 0.180 e. The van der Waals surface area contributed by atoms with Crippen LogP contribution < -0.4 is 5.73 Å². The first-order valence-electron chi connectivity index (χ1n) is 7.93. The van der Waals surface area contributed by atoms with Crippen LogP contribution in [0.3, 0.4) is 0 Å². The van der Waals surface area contributed by atoms with Crippen LogP contribution in [0.25, 0.3) is 38.4 Å². The van der Waals surface area contributed by atoms with Gasteiger partial charge in [-0.05, 0) is 24.3 Å². The van der Waals surface area contributed by atoms with Crippen LogP contribution >= 0.6 is 11.3 Å². The number of fused-ring (bicyclic) bond motifs is 2. The quantitative estimate of drug-likeness (QED) is 0.506. The van der Waals surface area contributed by atoms with Crippen LogP contribution in [-0.2, 0) is 0 Å². The average Bonchev–Trinajstić information content (AvgIpc) is 3.30. The third kappa shape index (κ3) is 2.25. The van der Waals surface area contributed by atoms with Crippen LogP contribution in [0.4, 0.5) is 10.2 Å². The molecule has 126 valence electrons. The molecule has 0 saturated carbocycles. The first-order valence-corrected chi connectivity index (χ1v) is 8.81. The van der Waals surface area contributed by atoms with E-state index in [0.29, 0.717) is 22.7 Å². The zero-order valence-electron chi connectivity index (χ0n) is 13.4. The molecule has 0 bridgehead atoms. The van der Waals surface area contributed by atoms with Gasteiger partial charge < -0.3 is 5.73 Å². The minimum absolute atomic E-state index is 0.299. The Morgan fingerprint density at radius 3 is 2.85 bits per heavy atom. The Balaban J connectivity index is 1.88. The Hall–Kier alpha value is -3.32. The molecule has 5 aromatic rings. The molecule has 0 aliphatic carbocycles. The second kappa shape index (κ2) is 5.60. The summed E-state index contributed by atoms with van der Waals surface area (Å²) in [7, 11) is 0. The summed E-state index contributed by atoms with van der Waals surface area (Å²) in [5.74, 6) is -0.0257. The van der Waals surface area contributed by atoms with Gasteiger partial charge in [-0.2, -0.15) is 0 Å². The molecule has 0 amide bonds. The highest BCUT2D eigenvalue weighted by atomic mass is 32.1. The van der Waals surface area contributed by atoms with Crippen molar-refractivity contribution in [3.8, 4) is 22.5 Å². The first kappa shape index (κ1) is 15.0. The molecule has 0 spiro atoms. The minimum Gasteiger partial charge on any atom is -0.381 e. The molecule has 3 aromatic heterocycles. The van der Waals surface area contributed by atoms with E-state index in [4.69, 9.17) is 5.73 Å². The lowest BCUT2D eigenvalue weighted by Crippen LogP contribution is -2.03. The predicted octanol–water partition coefficient (Wildman–Crippen LogP) is 4.39. The molecule has 3 heterocycles. The second-order valence-corrected chi connectivity index (χ2v) is 6.75. The van der Waals surface area contributed by atoms with E-state index in [2.05, 4.69) is 15.0 Å². The van der Waals surface area contributed by atoms with Gasteiger partial charge in [-0.25, -0.2) is 19.3 Å². The van der Waals surface area contributed by atoms with Crippen LogP contribution in [0.5, 0.6) is 0 Å². The molecule has 2 aromatic carbocycles. The van der Waals surface area contributed by atoms with E-state index in [0.717, 1.165) is 21.5 Å². The topological polar surface area (TPSA) is 69.1 Å². The fourth-order valence-corrected chi connectivity index (χ4v) is 3.79. The lowest BCUT2D eigenvalue weighted by Gasteiger charge is -2.14. The molecule has 5 nitrogen and oxygen atoms in total. The fourth-order valence-electron chi connectivity index (χ4n) is 3.13. The van der Waals surface area contributed by atoms with E-state index in [1.807, 2.05) is 40.4 Å². The van der Waals surface area contributed by atoms with Crippen LogP contribution in [0.2, 0.25) is 0 Å². The van der Waals surface area contributed by atoms with Crippen molar-refractivity contribution in [2.45, 2.75) is 0 Å². The van der Waals surface area contributed by atoms with Crippen LogP contribution in [0, 0.1) is 5.82 Å². The number of hydrogen-bond acceptors (Lipinski definition) is 5. The van der Waals surface area contributed by atoms with E-state index < -0.39 is 0 Å². The predicted molar refractivity (Wildman–Crippen MR) is 101 cm³/mol. The monoisotopic (exact) mass is 361 g/mol. The van der Waals surface area contributed by atoms with Gasteiger partial charge in [0, 0.05) is 23.5 Å². The summed E-state index contributed by atoms with van der Waals surface area (Å²) in [6.07, 6.45) is 3.50. The Morgan fingerprint density at radius 2 is 1.96 bits per heavy atom.